The largest absolute Gasteiger partial charge is 0.354 e. The fourth-order valence-electron chi connectivity index (χ4n) is 3.57. The van der Waals surface area contributed by atoms with Gasteiger partial charge in [-0.1, -0.05) is 24.6 Å². The quantitative estimate of drug-likeness (QED) is 0.928. The lowest BCUT2D eigenvalue weighted by atomic mass is 9.96. The molecule has 1 atom stereocenters. The number of nitrogens with one attached hydrogen (secondary N) is 1. The van der Waals surface area contributed by atoms with Gasteiger partial charge in [-0.25, -0.2) is 0 Å². The Hall–Kier alpha value is -1.84. The van der Waals surface area contributed by atoms with Crippen LogP contribution in [0.3, 0.4) is 0 Å². The third kappa shape index (κ3) is 4.34. The van der Waals surface area contributed by atoms with Gasteiger partial charge in [-0.2, -0.15) is 0 Å². The van der Waals surface area contributed by atoms with E-state index in [0.717, 1.165) is 12.8 Å². The fraction of sp³-hybridized carbons (Fsp3) is 0.579. The van der Waals surface area contributed by atoms with Gasteiger partial charge in [0.15, 0.2) is 0 Å². The van der Waals surface area contributed by atoms with Gasteiger partial charge in [0.1, 0.15) is 0 Å². The number of benzene rings is 1. The zero-order chi connectivity index (χ0) is 17.0. The van der Waals surface area contributed by atoms with E-state index in [1.807, 2.05) is 11.8 Å². The number of carbonyl (C=O) groups excluding carboxylic acids is 2. The average molecular weight is 316 g/mol. The van der Waals surface area contributed by atoms with Crippen LogP contribution in [0.25, 0.3) is 0 Å². The molecule has 2 amide bonds. The highest BCUT2D eigenvalue weighted by atomic mass is 16.2. The van der Waals surface area contributed by atoms with Crippen LogP contribution in [0.4, 0.5) is 0 Å². The van der Waals surface area contributed by atoms with E-state index in [1.165, 1.54) is 22.3 Å². The first kappa shape index (κ1) is 17.5. The summed E-state index contributed by atoms with van der Waals surface area (Å²) >= 11 is 0. The third-order valence-corrected chi connectivity index (χ3v) is 4.76. The van der Waals surface area contributed by atoms with Crippen LogP contribution in [-0.4, -0.2) is 35.8 Å². The highest BCUT2D eigenvalue weighted by Crippen LogP contribution is 2.20. The first-order valence-corrected chi connectivity index (χ1v) is 8.55. The van der Waals surface area contributed by atoms with Crippen LogP contribution in [0.5, 0.6) is 0 Å². The molecular weight excluding hydrogens is 288 g/mol. The summed E-state index contributed by atoms with van der Waals surface area (Å²) < 4.78 is 0. The summed E-state index contributed by atoms with van der Waals surface area (Å²) in [6, 6.07) is 4.39. The van der Waals surface area contributed by atoms with Crippen LogP contribution < -0.4 is 5.32 Å². The summed E-state index contributed by atoms with van der Waals surface area (Å²) in [7, 11) is 0. The molecule has 0 saturated carbocycles. The lowest BCUT2D eigenvalue weighted by molar-refractivity contribution is -0.133. The fourth-order valence-corrected chi connectivity index (χ4v) is 3.57. The minimum atomic E-state index is 0.0326. The van der Waals surface area contributed by atoms with E-state index < -0.39 is 0 Å². The Kier molecular flexibility index (Phi) is 5.80. The van der Waals surface area contributed by atoms with E-state index >= 15 is 0 Å². The molecule has 4 heteroatoms. The van der Waals surface area contributed by atoms with Crippen molar-refractivity contribution in [1.29, 1.82) is 0 Å². The molecular formula is C19H28N2O2. The minimum absolute atomic E-state index is 0.0326. The Balaban J connectivity index is 2.05. The number of nitrogens with zero attached hydrogens (tertiary/aromatic N) is 1. The molecule has 0 radical (unpaired) electrons. The molecule has 0 spiro atoms. The number of amides is 2. The number of hydrogen-bond acceptors (Lipinski definition) is 2. The third-order valence-electron chi connectivity index (χ3n) is 4.76. The van der Waals surface area contributed by atoms with Crippen molar-refractivity contribution in [2.45, 2.75) is 59.4 Å². The summed E-state index contributed by atoms with van der Waals surface area (Å²) in [5.41, 5.74) is 5.06. The maximum absolute atomic E-state index is 12.7. The Morgan fingerprint density at radius 3 is 2.52 bits per heavy atom. The summed E-state index contributed by atoms with van der Waals surface area (Å²) in [4.78, 5) is 26.2. The van der Waals surface area contributed by atoms with Gasteiger partial charge in [-0.3, -0.25) is 9.59 Å². The first-order valence-electron chi connectivity index (χ1n) is 8.55. The van der Waals surface area contributed by atoms with Gasteiger partial charge in [0.05, 0.1) is 0 Å². The molecule has 0 aliphatic carbocycles. The molecule has 0 unspecified atom stereocenters. The van der Waals surface area contributed by atoms with Crippen molar-refractivity contribution in [2.24, 2.45) is 0 Å². The van der Waals surface area contributed by atoms with E-state index in [4.69, 9.17) is 0 Å². The van der Waals surface area contributed by atoms with Crippen molar-refractivity contribution in [3.8, 4) is 0 Å². The maximum atomic E-state index is 12.7. The zero-order valence-corrected chi connectivity index (χ0v) is 14.7. The topological polar surface area (TPSA) is 49.4 Å². The second kappa shape index (κ2) is 7.62. The predicted molar refractivity (Wildman–Crippen MR) is 92.4 cm³/mol. The predicted octanol–water partition coefficient (Wildman–Crippen LogP) is 2.67. The van der Waals surface area contributed by atoms with Crippen molar-refractivity contribution in [3.63, 3.8) is 0 Å². The smallest absolute Gasteiger partial charge is 0.223 e. The highest BCUT2D eigenvalue weighted by Gasteiger charge is 2.26. The summed E-state index contributed by atoms with van der Waals surface area (Å²) in [6.07, 6.45) is 2.52. The molecule has 1 heterocycles. The van der Waals surface area contributed by atoms with Crippen LogP contribution in [-0.2, 0) is 16.0 Å². The Bertz CT molecular complexity index is 572. The van der Waals surface area contributed by atoms with Crippen LogP contribution in [0.1, 0.15) is 48.4 Å². The van der Waals surface area contributed by atoms with Gasteiger partial charge in [0.25, 0.3) is 0 Å². The van der Waals surface area contributed by atoms with Gasteiger partial charge >= 0.3 is 0 Å². The second-order valence-corrected chi connectivity index (χ2v) is 6.58. The van der Waals surface area contributed by atoms with E-state index in [2.05, 4.69) is 38.2 Å². The summed E-state index contributed by atoms with van der Waals surface area (Å²) in [5, 5.41) is 2.86. The molecule has 1 aromatic rings. The standard InChI is InChI=1S/C19H28N2O2/c1-5-16-12-18(22)20-8-9-21(16)19(23)7-6-17-14(3)10-13(2)11-15(17)4/h10-11,16H,5-9,12H2,1-4H3,(H,20,22)/t16-/m0/s1. The SMILES string of the molecule is CC[C@H]1CC(=O)NCCN1C(=O)CCc1c(C)cc(C)cc1C. The number of carbonyl (C=O) groups is 2. The molecule has 126 valence electrons. The Morgan fingerprint density at radius 1 is 1.26 bits per heavy atom. The lowest BCUT2D eigenvalue weighted by Crippen LogP contribution is -2.41. The molecule has 1 saturated heterocycles. The number of rotatable bonds is 4. The molecule has 1 aliphatic heterocycles. The molecule has 2 rings (SSSR count). The first-order chi connectivity index (χ1) is 10.9. The van der Waals surface area contributed by atoms with E-state index in [-0.39, 0.29) is 17.9 Å². The van der Waals surface area contributed by atoms with E-state index in [1.54, 1.807) is 0 Å². The van der Waals surface area contributed by atoms with Crippen molar-refractivity contribution < 1.29 is 9.59 Å². The molecule has 23 heavy (non-hydrogen) atoms. The molecule has 0 bridgehead atoms. The molecule has 4 nitrogen and oxygen atoms in total. The van der Waals surface area contributed by atoms with Crippen molar-refractivity contribution >= 4 is 11.8 Å². The van der Waals surface area contributed by atoms with E-state index in [0.29, 0.717) is 25.9 Å². The monoisotopic (exact) mass is 316 g/mol. The highest BCUT2D eigenvalue weighted by molar-refractivity contribution is 5.81. The number of aryl methyl sites for hydroxylation is 3. The molecule has 1 N–H and O–H groups in total. The second-order valence-electron chi connectivity index (χ2n) is 6.58. The lowest BCUT2D eigenvalue weighted by Gasteiger charge is -2.28. The van der Waals surface area contributed by atoms with Crippen molar-refractivity contribution in [2.75, 3.05) is 13.1 Å². The van der Waals surface area contributed by atoms with Crippen LogP contribution in [0.2, 0.25) is 0 Å². The van der Waals surface area contributed by atoms with Crippen LogP contribution >= 0.6 is 0 Å². The molecule has 1 aliphatic rings. The maximum Gasteiger partial charge on any atom is 0.223 e. The number of hydrogen-bond donors (Lipinski definition) is 1. The summed E-state index contributed by atoms with van der Waals surface area (Å²) in [6.45, 7) is 9.55. The van der Waals surface area contributed by atoms with Crippen LogP contribution in [0.15, 0.2) is 12.1 Å². The van der Waals surface area contributed by atoms with E-state index in [9.17, 15) is 9.59 Å². The van der Waals surface area contributed by atoms with Gasteiger partial charge in [0.2, 0.25) is 11.8 Å². The van der Waals surface area contributed by atoms with Crippen molar-refractivity contribution in [1.82, 2.24) is 10.2 Å². The van der Waals surface area contributed by atoms with Gasteiger partial charge in [-0.15, -0.1) is 0 Å². The molecule has 0 aromatic heterocycles. The van der Waals surface area contributed by atoms with Gasteiger partial charge < -0.3 is 10.2 Å². The van der Waals surface area contributed by atoms with Gasteiger partial charge in [0, 0.05) is 32.0 Å². The normalized spacial score (nSPS) is 18.5. The minimum Gasteiger partial charge on any atom is -0.354 e. The molecule has 1 fully saturated rings. The Morgan fingerprint density at radius 2 is 1.91 bits per heavy atom. The Labute approximate surface area is 139 Å². The van der Waals surface area contributed by atoms with Crippen LogP contribution in [0, 0.1) is 20.8 Å². The van der Waals surface area contributed by atoms with Gasteiger partial charge in [-0.05, 0) is 50.3 Å². The summed E-state index contributed by atoms with van der Waals surface area (Å²) in [5.74, 6) is 0.213. The molecule has 1 aromatic carbocycles. The average Bonchev–Trinajstić information content (AvgIpc) is 2.67. The zero-order valence-electron chi connectivity index (χ0n) is 14.7. The van der Waals surface area contributed by atoms with Crippen molar-refractivity contribution in [3.05, 3.63) is 34.4 Å².